The van der Waals surface area contributed by atoms with Gasteiger partial charge in [0.2, 0.25) is 0 Å². The lowest BCUT2D eigenvalue weighted by molar-refractivity contribution is -0.153. The summed E-state index contributed by atoms with van der Waals surface area (Å²) in [6, 6.07) is 27.4. The number of halogens is 1. The Labute approximate surface area is 232 Å². The molecule has 0 radical (unpaired) electrons. The fourth-order valence-electron chi connectivity index (χ4n) is 6.03. The number of esters is 2. The van der Waals surface area contributed by atoms with E-state index in [0.717, 1.165) is 21.2 Å². The third-order valence-corrected chi connectivity index (χ3v) is 8.24. The topological polar surface area (TPSA) is 97.3 Å². The van der Waals surface area contributed by atoms with E-state index in [0.29, 0.717) is 17.3 Å². The van der Waals surface area contributed by atoms with Gasteiger partial charge in [0.05, 0.1) is 17.9 Å². The Hall–Kier alpha value is -4.37. The molecule has 2 fully saturated rings. The summed E-state index contributed by atoms with van der Waals surface area (Å²) < 4.78 is 6.03. The smallest absolute Gasteiger partial charge is 0.319 e. The zero-order valence-electron chi connectivity index (χ0n) is 20.5. The van der Waals surface area contributed by atoms with Crippen LogP contribution in [0.4, 0.5) is 5.95 Å². The van der Waals surface area contributed by atoms with E-state index in [4.69, 9.17) is 9.72 Å². The van der Waals surface area contributed by atoms with Crippen LogP contribution in [0.25, 0.3) is 22.5 Å². The second-order valence-corrected chi connectivity index (χ2v) is 10.8. The highest BCUT2D eigenvalue weighted by molar-refractivity contribution is 9.10. The minimum Gasteiger partial charge on any atom is -0.393 e. The molecule has 5 atom stereocenters. The fraction of sp³-hybridized carbons (Fsp3) is 0.167. The molecule has 4 aromatic rings. The summed E-state index contributed by atoms with van der Waals surface area (Å²) in [6.45, 7) is 0. The van der Waals surface area contributed by atoms with E-state index in [2.05, 4.69) is 31.6 Å². The molecule has 3 aromatic carbocycles. The van der Waals surface area contributed by atoms with E-state index in [1.54, 1.807) is 0 Å². The molecule has 39 heavy (non-hydrogen) atoms. The monoisotopic (exact) mass is 579 g/mol. The summed E-state index contributed by atoms with van der Waals surface area (Å²) in [5.74, 6) is -1.88. The summed E-state index contributed by atoms with van der Waals surface area (Å²) in [5, 5.41) is 10.8. The lowest BCUT2D eigenvalue weighted by atomic mass is 9.55. The average molecular weight is 580 g/mol. The van der Waals surface area contributed by atoms with Gasteiger partial charge in [-0.05, 0) is 17.7 Å². The van der Waals surface area contributed by atoms with Gasteiger partial charge >= 0.3 is 11.9 Å². The van der Waals surface area contributed by atoms with Gasteiger partial charge in [-0.1, -0.05) is 94.8 Å². The van der Waals surface area contributed by atoms with E-state index in [1.807, 2.05) is 102 Å². The Morgan fingerprint density at radius 3 is 2.21 bits per heavy atom. The van der Waals surface area contributed by atoms with E-state index >= 15 is 0 Å². The number of nitrogens with zero attached hydrogens (tertiary/aromatic N) is 4. The molecule has 192 valence electrons. The Kier molecular flexibility index (Phi) is 5.73. The maximum absolute atomic E-state index is 12.7. The normalized spacial score (nSPS) is 24.9. The predicted molar refractivity (Wildman–Crippen MR) is 148 cm³/mol. The number of hydrogen-bond acceptors (Lipinski definition) is 8. The third kappa shape index (κ3) is 4.01. The summed E-state index contributed by atoms with van der Waals surface area (Å²) in [6.07, 6.45) is 3.95. The number of ether oxygens (including phenoxy) is 1. The van der Waals surface area contributed by atoms with Crippen LogP contribution in [0.1, 0.15) is 11.5 Å². The van der Waals surface area contributed by atoms with Crippen molar-refractivity contribution in [2.75, 3.05) is 5.43 Å². The van der Waals surface area contributed by atoms with Crippen LogP contribution in [0.5, 0.6) is 0 Å². The number of carbonyl (C=O) groups is 2. The minimum absolute atomic E-state index is 0.0513. The number of aromatic nitrogens is 3. The zero-order chi connectivity index (χ0) is 26.5. The molecule has 1 saturated carbocycles. The van der Waals surface area contributed by atoms with Gasteiger partial charge in [-0.25, -0.2) is 4.98 Å². The number of hydrogen-bond donors (Lipinski definition) is 1. The van der Waals surface area contributed by atoms with Crippen LogP contribution in [0, 0.1) is 17.8 Å². The van der Waals surface area contributed by atoms with Crippen LogP contribution >= 0.6 is 15.9 Å². The molecule has 8 nitrogen and oxygen atoms in total. The number of benzene rings is 3. The lowest BCUT2D eigenvalue weighted by Crippen LogP contribution is -2.64. The number of hydrazine groups is 1. The van der Waals surface area contributed by atoms with Gasteiger partial charge < -0.3 is 4.74 Å². The highest BCUT2D eigenvalue weighted by Gasteiger charge is 2.67. The van der Waals surface area contributed by atoms with Crippen molar-refractivity contribution in [3.63, 3.8) is 0 Å². The second-order valence-electron chi connectivity index (χ2n) is 9.87. The lowest BCUT2D eigenvalue weighted by Gasteiger charge is -2.54. The molecule has 2 aliphatic heterocycles. The molecule has 0 bridgehead atoms. The number of allylic oxidation sites excluding steroid dienone is 1. The van der Waals surface area contributed by atoms with E-state index < -0.39 is 23.8 Å². The summed E-state index contributed by atoms with van der Waals surface area (Å²) in [7, 11) is 0. The first-order valence-corrected chi connectivity index (χ1v) is 13.5. The molecule has 0 amide bonds. The van der Waals surface area contributed by atoms with E-state index in [-0.39, 0.29) is 17.9 Å². The first kappa shape index (κ1) is 23.7. The first-order chi connectivity index (χ1) is 19.1. The number of fused-ring (bicyclic) bond motifs is 4. The van der Waals surface area contributed by atoms with Crippen LogP contribution in [0.3, 0.4) is 0 Å². The number of carbonyl (C=O) groups excluding carboxylic acids is 2. The average Bonchev–Trinajstić information content (AvgIpc) is 3.19. The van der Waals surface area contributed by atoms with Crippen molar-refractivity contribution in [3.05, 3.63) is 107 Å². The fourth-order valence-corrected chi connectivity index (χ4v) is 6.44. The standard InChI is InChI=1S/C30H22BrN5O3/c31-20-13-7-12-19(16-20)21-14-15-36(27-22(21)23-24(27)29(38)39-28(23)37)35-30-32-25(17-8-3-1-4-9-17)26(33-34-30)18-10-5-2-6-11-18/h1-16,21-24,27H,(H,32,34,35). The molecule has 1 saturated heterocycles. The van der Waals surface area contributed by atoms with Gasteiger partial charge in [0.1, 0.15) is 11.4 Å². The number of cyclic esters (lactones) is 2. The van der Waals surface area contributed by atoms with Gasteiger partial charge in [0.25, 0.3) is 5.95 Å². The van der Waals surface area contributed by atoms with Gasteiger partial charge in [0.15, 0.2) is 0 Å². The first-order valence-electron chi connectivity index (χ1n) is 12.7. The summed E-state index contributed by atoms with van der Waals surface area (Å²) in [4.78, 5) is 30.2. The molecule has 5 unspecified atom stereocenters. The molecule has 1 aliphatic carbocycles. The van der Waals surface area contributed by atoms with Crippen molar-refractivity contribution in [2.45, 2.75) is 12.0 Å². The SMILES string of the molecule is O=C1OC(=O)C2C1C1C(c3cccc(Br)c3)C=CN(Nc3nnc(-c4ccccc4)c(-c4ccccc4)n3)C21. The largest absolute Gasteiger partial charge is 0.393 e. The van der Waals surface area contributed by atoms with Crippen LogP contribution in [0.15, 0.2) is 102 Å². The van der Waals surface area contributed by atoms with Gasteiger partial charge in [-0.2, -0.15) is 0 Å². The van der Waals surface area contributed by atoms with Crippen molar-refractivity contribution < 1.29 is 14.3 Å². The molecule has 1 N–H and O–H groups in total. The van der Waals surface area contributed by atoms with Crippen LogP contribution in [-0.4, -0.2) is 38.2 Å². The molecule has 3 aliphatic rings. The maximum atomic E-state index is 12.7. The van der Waals surface area contributed by atoms with Crippen molar-refractivity contribution in [3.8, 4) is 22.5 Å². The molecular weight excluding hydrogens is 558 g/mol. The van der Waals surface area contributed by atoms with Crippen molar-refractivity contribution >= 4 is 33.8 Å². The van der Waals surface area contributed by atoms with E-state index in [1.165, 1.54) is 0 Å². The second kappa shape index (κ2) is 9.43. The molecular formula is C30H22BrN5O3. The molecule has 3 heterocycles. The molecule has 0 spiro atoms. The van der Waals surface area contributed by atoms with Gasteiger partial charge in [-0.3, -0.25) is 20.0 Å². The number of rotatable bonds is 5. The van der Waals surface area contributed by atoms with Crippen molar-refractivity contribution in [1.82, 2.24) is 20.2 Å². The Balaban J connectivity index is 1.26. The Bertz CT molecular complexity index is 1610. The Morgan fingerprint density at radius 1 is 0.795 bits per heavy atom. The Morgan fingerprint density at radius 2 is 1.49 bits per heavy atom. The quantitative estimate of drug-likeness (QED) is 0.254. The van der Waals surface area contributed by atoms with Crippen LogP contribution in [-0.2, 0) is 14.3 Å². The molecule has 9 heteroatoms. The van der Waals surface area contributed by atoms with Crippen LogP contribution < -0.4 is 5.43 Å². The number of anilines is 1. The predicted octanol–water partition coefficient (Wildman–Crippen LogP) is 5.22. The summed E-state index contributed by atoms with van der Waals surface area (Å²) >= 11 is 3.55. The maximum Gasteiger partial charge on any atom is 0.319 e. The van der Waals surface area contributed by atoms with Crippen molar-refractivity contribution in [1.29, 1.82) is 0 Å². The minimum atomic E-state index is -0.556. The highest BCUT2D eigenvalue weighted by atomic mass is 79.9. The number of nitrogens with one attached hydrogen (secondary N) is 1. The van der Waals surface area contributed by atoms with Crippen LogP contribution in [0.2, 0.25) is 0 Å². The molecule has 1 aromatic heterocycles. The summed E-state index contributed by atoms with van der Waals surface area (Å²) in [5.41, 5.74) is 7.50. The highest BCUT2D eigenvalue weighted by Crippen LogP contribution is 2.56. The van der Waals surface area contributed by atoms with Gasteiger partial charge in [0, 0.05) is 33.6 Å². The third-order valence-electron chi connectivity index (χ3n) is 7.74. The van der Waals surface area contributed by atoms with Crippen molar-refractivity contribution in [2.24, 2.45) is 17.8 Å². The van der Waals surface area contributed by atoms with E-state index in [9.17, 15) is 9.59 Å². The molecule has 7 rings (SSSR count). The van der Waals surface area contributed by atoms with Gasteiger partial charge in [-0.15, -0.1) is 10.2 Å². The zero-order valence-corrected chi connectivity index (χ0v) is 22.1.